The van der Waals surface area contributed by atoms with E-state index >= 15 is 0 Å². The van der Waals surface area contributed by atoms with E-state index in [1.54, 1.807) is 14.5 Å². The predicted molar refractivity (Wildman–Crippen MR) is 155 cm³/mol. The fourth-order valence-electron chi connectivity index (χ4n) is 5.44. The standard InChI is InChI=1S/C31H41F3N6O2/c1-20-17-38(18-21(2)42-20)30(41)39(14-13-24(35)16-32)27(31(3,4)5)29-36-28(25-15-23(33)11-12-26(25)34)37-40(29)19-22-9-7-6-8-10-22/h6-12,15,20-21,24,27H,13-14,16-19,35H2,1-5H3/t20-,21+,24-,27?/m0/s1. The van der Waals surface area contributed by atoms with Gasteiger partial charge in [0.05, 0.1) is 30.4 Å². The third-order valence-electron chi connectivity index (χ3n) is 7.30. The van der Waals surface area contributed by atoms with Crippen molar-refractivity contribution in [1.29, 1.82) is 0 Å². The number of halogens is 3. The van der Waals surface area contributed by atoms with E-state index in [2.05, 4.69) is 5.10 Å². The van der Waals surface area contributed by atoms with Gasteiger partial charge in [-0.05, 0) is 49.4 Å². The fourth-order valence-corrected chi connectivity index (χ4v) is 5.44. The molecule has 2 aromatic carbocycles. The largest absolute Gasteiger partial charge is 0.372 e. The van der Waals surface area contributed by atoms with Gasteiger partial charge in [0.25, 0.3) is 0 Å². The molecule has 0 radical (unpaired) electrons. The first-order valence-corrected chi connectivity index (χ1v) is 14.3. The lowest BCUT2D eigenvalue weighted by Crippen LogP contribution is -2.55. The van der Waals surface area contributed by atoms with Crippen molar-refractivity contribution in [2.75, 3.05) is 26.3 Å². The average molecular weight is 587 g/mol. The van der Waals surface area contributed by atoms with Crippen LogP contribution in [0.2, 0.25) is 0 Å². The molecule has 0 spiro atoms. The first kappa shape index (κ1) is 31.5. The highest BCUT2D eigenvalue weighted by molar-refractivity contribution is 5.75. The van der Waals surface area contributed by atoms with Crippen LogP contribution in [0.4, 0.5) is 18.0 Å². The van der Waals surface area contributed by atoms with Crippen molar-refractivity contribution in [2.24, 2.45) is 11.1 Å². The molecule has 11 heteroatoms. The number of alkyl halides is 1. The van der Waals surface area contributed by atoms with Gasteiger partial charge >= 0.3 is 6.03 Å². The molecule has 2 heterocycles. The Bertz CT molecular complexity index is 1340. The van der Waals surface area contributed by atoms with Gasteiger partial charge in [-0.3, -0.25) is 0 Å². The van der Waals surface area contributed by atoms with Crippen LogP contribution >= 0.6 is 0 Å². The average Bonchev–Trinajstić information content (AvgIpc) is 3.33. The summed E-state index contributed by atoms with van der Waals surface area (Å²) in [6.45, 7) is 10.3. The molecule has 42 heavy (non-hydrogen) atoms. The summed E-state index contributed by atoms with van der Waals surface area (Å²) in [5, 5.41) is 4.64. The van der Waals surface area contributed by atoms with E-state index in [1.807, 2.05) is 65.0 Å². The Morgan fingerprint density at radius 2 is 1.79 bits per heavy atom. The molecular weight excluding hydrogens is 545 g/mol. The smallest absolute Gasteiger partial charge is 0.320 e. The lowest BCUT2D eigenvalue weighted by molar-refractivity contribution is -0.0613. The van der Waals surface area contributed by atoms with Crippen LogP contribution < -0.4 is 5.73 Å². The van der Waals surface area contributed by atoms with E-state index in [1.165, 1.54) is 0 Å². The number of benzene rings is 2. The molecule has 0 bridgehead atoms. The highest BCUT2D eigenvalue weighted by Crippen LogP contribution is 2.39. The van der Waals surface area contributed by atoms with E-state index < -0.39 is 35.8 Å². The van der Waals surface area contributed by atoms with E-state index in [0.717, 1.165) is 23.8 Å². The minimum absolute atomic E-state index is 0.00802. The van der Waals surface area contributed by atoms with Gasteiger partial charge in [0.2, 0.25) is 0 Å². The molecule has 1 aliphatic heterocycles. The van der Waals surface area contributed by atoms with Crippen molar-refractivity contribution in [1.82, 2.24) is 24.6 Å². The minimum atomic E-state index is -0.748. The summed E-state index contributed by atoms with van der Waals surface area (Å²) in [5.74, 6) is -0.868. The van der Waals surface area contributed by atoms with Crippen molar-refractivity contribution < 1.29 is 22.7 Å². The van der Waals surface area contributed by atoms with Crippen molar-refractivity contribution in [3.63, 3.8) is 0 Å². The zero-order valence-electron chi connectivity index (χ0n) is 24.9. The first-order chi connectivity index (χ1) is 19.9. The predicted octanol–water partition coefficient (Wildman–Crippen LogP) is 5.58. The molecule has 3 aromatic rings. The molecule has 1 saturated heterocycles. The second-order valence-corrected chi connectivity index (χ2v) is 12.2. The summed E-state index contributed by atoms with van der Waals surface area (Å²) in [5.41, 5.74) is 6.21. The maximum Gasteiger partial charge on any atom is 0.320 e. The summed E-state index contributed by atoms with van der Waals surface area (Å²) in [7, 11) is 0. The summed E-state index contributed by atoms with van der Waals surface area (Å²) < 4.78 is 50.1. The zero-order valence-corrected chi connectivity index (χ0v) is 24.9. The van der Waals surface area contributed by atoms with E-state index in [0.29, 0.717) is 18.9 Å². The molecule has 4 rings (SSSR count). The number of hydrogen-bond acceptors (Lipinski definition) is 5. The number of carbonyl (C=O) groups excluding carboxylic acids is 1. The number of urea groups is 1. The molecule has 1 aromatic heterocycles. The number of amides is 2. The summed E-state index contributed by atoms with van der Waals surface area (Å²) in [6.07, 6.45) is -0.0994. The number of nitrogens with zero attached hydrogens (tertiary/aromatic N) is 5. The van der Waals surface area contributed by atoms with Crippen molar-refractivity contribution >= 4 is 6.03 Å². The number of aromatic nitrogens is 3. The van der Waals surface area contributed by atoms with Gasteiger partial charge in [-0.25, -0.2) is 27.6 Å². The Morgan fingerprint density at radius 1 is 1.12 bits per heavy atom. The van der Waals surface area contributed by atoms with Crippen molar-refractivity contribution in [2.45, 2.75) is 71.9 Å². The summed E-state index contributed by atoms with van der Waals surface area (Å²) in [4.78, 5) is 22.5. The zero-order chi connectivity index (χ0) is 30.6. The lowest BCUT2D eigenvalue weighted by Gasteiger charge is -2.44. The highest BCUT2D eigenvalue weighted by atomic mass is 19.1. The molecule has 1 aliphatic rings. The normalized spacial score (nSPS) is 19.0. The van der Waals surface area contributed by atoms with Crippen molar-refractivity contribution in [3.8, 4) is 11.4 Å². The van der Waals surface area contributed by atoms with Crippen LogP contribution in [0.1, 0.15) is 58.5 Å². The second-order valence-electron chi connectivity index (χ2n) is 12.2. The van der Waals surface area contributed by atoms with Gasteiger partial charge in [0, 0.05) is 25.7 Å². The number of hydrogen-bond donors (Lipinski definition) is 1. The number of morpholine rings is 1. The van der Waals surface area contributed by atoms with Crippen LogP contribution in [-0.2, 0) is 11.3 Å². The molecule has 1 fully saturated rings. The minimum Gasteiger partial charge on any atom is -0.372 e. The summed E-state index contributed by atoms with van der Waals surface area (Å²) >= 11 is 0. The first-order valence-electron chi connectivity index (χ1n) is 14.3. The van der Waals surface area contributed by atoms with Gasteiger partial charge in [0.15, 0.2) is 11.6 Å². The van der Waals surface area contributed by atoms with Crippen molar-refractivity contribution in [3.05, 3.63) is 71.6 Å². The van der Waals surface area contributed by atoms with Crippen LogP contribution in [0, 0.1) is 17.0 Å². The number of carbonyl (C=O) groups is 1. The SMILES string of the molecule is C[C@@H]1CN(C(=O)N(CC[C@H](N)CF)C(c2nc(-c3cc(F)ccc3F)nn2Cc2ccccc2)C(C)(C)C)C[C@H](C)O1. The van der Waals surface area contributed by atoms with Gasteiger partial charge < -0.3 is 20.3 Å². The molecule has 2 amide bonds. The molecule has 228 valence electrons. The van der Waals surface area contributed by atoms with Gasteiger partial charge in [-0.15, -0.1) is 0 Å². The molecule has 0 aliphatic carbocycles. The molecule has 2 N–H and O–H groups in total. The van der Waals surface area contributed by atoms with Crippen LogP contribution in [0.3, 0.4) is 0 Å². The Hall–Kier alpha value is -3.44. The number of nitrogens with two attached hydrogens (primary N) is 1. The Balaban J connectivity index is 1.86. The third-order valence-corrected chi connectivity index (χ3v) is 7.30. The number of rotatable bonds is 9. The maximum atomic E-state index is 14.9. The Labute approximate surface area is 245 Å². The van der Waals surface area contributed by atoms with Gasteiger partial charge in [0.1, 0.15) is 18.3 Å². The topological polar surface area (TPSA) is 89.5 Å². The fraction of sp³-hybridized carbons (Fsp3) is 0.516. The molecule has 4 atom stereocenters. The highest BCUT2D eigenvalue weighted by Gasteiger charge is 2.41. The molecule has 0 saturated carbocycles. The Kier molecular flexibility index (Phi) is 9.93. The Morgan fingerprint density at radius 3 is 2.40 bits per heavy atom. The van der Waals surface area contributed by atoms with Crippen LogP contribution in [0.15, 0.2) is 48.5 Å². The van der Waals surface area contributed by atoms with E-state index in [-0.39, 0.29) is 49.1 Å². The summed E-state index contributed by atoms with van der Waals surface area (Å²) in [6, 6.07) is 11.0. The maximum absolute atomic E-state index is 14.9. The molecule has 8 nitrogen and oxygen atoms in total. The second kappa shape index (κ2) is 13.2. The van der Waals surface area contributed by atoms with Crippen LogP contribution in [0.25, 0.3) is 11.4 Å². The van der Waals surface area contributed by atoms with E-state index in [4.69, 9.17) is 15.5 Å². The lowest BCUT2D eigenvalue weighted by atomic mass is 9.84. The van der Waals surface area contributed by atoms with Gasteiger partial charge in [-0.2, -0.15) is 5.10 Å². The van der Waals surface area contributed by atoms with Crippen LogP contribution in [-0.4, -0.2) is 75.2 Å². The molecular formula is C31H41F3N6O2. The quantitative estimate of drug-likeness (QED) is 0.354. The van der Waals surface area contributed by atoms with E-state index in [9.17, 15) is 18.0 Å². The third kappa shape index (κ3) is 7.49. The van der Waals surface area contributed by atoms with Crippen LogP contribution in [0.5, 0.6) is 0 Å². The monoisotopic (exact) mass is 586 g/mol. The molecule has 1 unspecified atom stereocenters. The van der Waals surface area contributed by atoms with Gasteiger partial charge in [-0.1, -0.05) is 51.1 Å². The number of ether oxygens (including phenoxy) is 1.